The Balaban J connectivity index is 1.70. The van der Waals surface area contributed by atoms with Crippen molar-refractivity contribution in [2.24, 2.45) is 0 Å². The zero-order valence-electron chi connectivity index (χ0n) is 14.1. The van der Waals surface area contributed by atoms with Crippen LogP contribution >= 0.6 is 0 Å². The first kappa shape index (κ1) is 15.3. The van der Waals surface area contributed by atoms with Crippen molar-refractivity contribution in [3.05, 3.63) is 42.4 Å². The highest BCUT2D eigenvalue weighted by Gasteiger charge is 2.17. The summed E-state index contributed by atoms with van der Waals surface area (Å²) in [6.07, 6.45) is 10.6. The summed E-state index contributed by atoms with van der Waals surface area (Å²) in [6, 6.07) is 6.73. The van der Waals surface area contributed by atoms with Gasteiger partial charge < -0.3 is 9.88 Å². The van der Waals surface area contributed by atoms with Gasteiger partial charge in [-0.3, -0.25) is 4.98 Å². The molecule has 0 bridgehead atoms. The quantitative estimate of drug-likeness (QED) is 0.801. The number of rotatable bonds is 4. The molecule has 0 spiro atoms. The smallest absolute Gasteiger partial charge is 0.160 e. The summed E-state index contributed by atoms with van der Waals surface area (Å²) in [6.45, 7) is 4.12. The van der Waals surface area contributed by atoms with Crippen molar-refractivity contribution in [2.45, 2.75) is 45.2 Å². The summed E-state index contributed by atoms with van der Waals surface area (Å²) in [7, 11) is 0. The van der Waals surface area contributed by atoms with Crippen LogP contribution in [0, 0.1) is 6.92 Å². The van der Waals surface area contributed by atoms with Crippen LogP contribution in [0.15, 0.2) is 36.8 Å². The van der Waals surface area contributed by atoms with Gasteiger partial charge in [0.1, 0.15) is 11.3 Å². The maximum absolute atomic E-state index is 4.85. The Morgan fingerprint density at radius 3 is 3.04 bits per heavy atom. The standard InChI is InChI=1S/C19H23N5/c1-14-11-17-19(22-12-14)24(10-7-16-6-2-3-9-21-16)18(23-17)15-5-4-8-20-13-15/h4-5,8,11-13,16,21H,2-3,6-7,9-10H2,1H3. The lowest BCUT2D eigenvalue weighted by Crippen LogP contribution is -2.34. The summed E-state index contributed by atoms with van der Waals surface area (Å²) < 4.78 is 2.25. The van der Waals surface area contributed by atoms with Crippen molar-refractivity contribution in [3.63, 3.8) is 0 Å². The molecule has 1 saturated heterocycles. The topological polar surface area (TPSA) is 55.6 Å². The minimum atomic E-state index is 0.600. The minimum Gasteiger partial charge on any atom is -0.314 e. The molecule has 124 valence electrons. The van der Waals surface area contributed by atoms with E-state index in [1.165, 1.54) is 19.3 Å². The van der Waals surface area contributed by atoms with Gasteiger partial charge in [0, 0.05) is 36.7 Å². The second-order valence-electron chi connectivity index (χ2n) is 6.62. The van der Waals surface area contributed by atoms with Crippen LogP contribution in [-0.2, 0) is 6.54 Å². The maximum atomic E-state index is 4.85. The first-order chi connectivity index (χ1) is 11.8. The average molecular weight is 321 g/mol. The number of pyridine rings is 2. The molecule has 4 heterocycles. The van der Waals surface area contributed by atoms with E-state index in [-0.39, 0.29) is 0 Å². The van der Waals surface area contributed by atoms with Crippen molar-refractivity contribution in [3.8, 4) is 11.4 Å². The zero-order chi connectivity index (χ0) is 16.4. The van der Waals surface area contributed by atoms with E-state index in [0.717, 1.165) is 47.6 Å². The Bertz CT molecular complexity index is 818. The van der Waals surface area contributed by atoms with Crippen molar-refractivity contribution >= 4 is 11.2 Å². The molecule has 5 nitrogen and oxygen atoms in total. The fourth-order valence-corrected chi connectivity index (χ4v) is 3.49. The van der Waals surface area contributed by atoms with Gasteiger partial charge in [0.25, 0.3) is 0 Å². The van der Waals surface area contributed by atoms with E-state index in [1.54, 1.807) is 6.20 Å². The number of nitrogens with zero attached hydrogens (tertiary/aromatic N) is 4. The van der Waals surface area contributed by atoms with Crippen molar-refractivity contribution < 1.29 is 0 Å². The molecule has 3 aromatic heterocycles. The van der Waals surface area contributed by atoms with Crippen LogP contribution in [0.1, 0.15) is 31.2 Å². The van der Waals surface area contributed by atoms with Crippen LogP contribution in [0.2, 0.25) is 0 Å². The van der Waals surface area contributed by atoms with E-state index in [1.807, 2.05) is 18.5 Å². The molecule has 1 aliphatic heterocycles. The van der Waals surface area contributed by atoms with E-state index in [9.17, 15) is 0 Å². The molecule has 1 unspecified atom stereocenters. The molecular formula is C19H23N5. The molecule has 0 radical (unpaired) electrons. The van der Waals surface area contributed by atoms with Gasteiger partial charge in [-0.1, -0.05) is 6.42 Å². The van der Waals surface area contributed by atoms with Gasteiger partial charge >= 0.3 is 0 Å². The van der Waals surface area contributed by atoms with Gasteiger partial charge in [0.2, 0.25) is 0 Å². The molecule has 0 aliphatic carbocycles. The summed E-state index contributed by atoms with van der Waals surface area (Å²) in [4.78, 5) is 13.8. The molecule has 1 aliphatic rings. The van der Waals surface area contributed by atoms with Gasteiger partial charge in [-0.2, -0.15) is 0 Å². The fraction of sp³-hybridized carbons (Fsp3) is 0.421. The van der Waals surface area contributed by atoms with Crippen LogP contribution in [0.3, 0.4) is 0 Å². The number of piperidine rings is 1. The lowest BCUT2D eigenvalue weighted by Gasteiger charge is -2.23. The van der Waals surface area contributed by atoms with Crippen LogP contribution in [0.25, 0.3) is 22.6 Å². The van der Waals surface area contributed by atoms with Crippen molar-refractivity contribution in [1.29, 1.82) is 0 Å². The average Bonchev–Trinajstić information content (AvgIpc) is 2.99. The lowest BCUT2D eigenvalue weighted by molar-refractivity contribution is 0.368. The second-order valence-corrected chi connectivity index (χ2v) is 6.62. The first-order valence-electron chi connectivity index (χ1n) is 8.78. The SMILES string of the molecule is Cc1cnc2c(c1)nc(-c1cccnc1)n2CCC1CCCCN1. The zero-order valence-corrected chi connectivity index (χ0v) is 14.1. The highest BCUT2D eigenvalue weighted by molar-refractivity contribution is 5.77. The van der Waals surface area contributed by atoms with E-state index < -0.39 is 0 Å². The maximum Gasteiger partial charge on any atom is 0.160 e. The number of hydrogen-bond donors (Lipinski definition) is 1. The molecular weight excluding hydrogens is 298 g/mol. The Morgan fingerprint density at radius 1 is 1.29 bits per heavy atom. The predicted molar refractivity (Wildman–Crippen MR) is 95.8 cm³/mol. The molecule has 1 fully saturated rings. The number of aromatic nitrogens is 4. The largest absolute Gasteiger partial charge is 0.314 e. The monoisotopic (exact) mass is 321 g/mol. The van der Waals surface area contributed by atoms with Crippen LogP contribution in [0.4, 0.5) is 0 Å². The van der Waals surface area contributed by atoms with Crippen LogP contribution < -0.4 is 5.32 Å². The van der Waals surface area contributed by atoms with E-state index in [2.05, 4.69) is 38.9 Å². The van der Waals surface area contributed by atoms with Gasteiger partial charge in [0.05, 0.1) is 0 Å². The van der Waals surface area contributed by atoms with E-state index in [4.69, 9.17) is 4.98 Å². The third kappa shape index (κ3) is 3.04. The highest BCUT2D eigenvalue weighted by atomic mass is 15.1. The third-order valence-electron chi connectivity index (χ3n) is 4.75. The molecule has 3 aromatic rings. The molecule has 4 rings (SSSR count). The molecule has 5 heteroatoms. The molecule has 24 heavy (non-hydrogen) atoms. The third-order valence-corrected chi connectivity index (χ3v) is 4.75. The molecule has 1 atom stereocenters. The number of aryl methyl sites for hydroxylation is 2. The Morgan fingerprint density at radius 2 is 2.25 bits per heavy atom. The Hall–Kier alpha value is -2.27. The van der Waals surface area contributed by atoms with Gasteiger partial charge in [-0.15, -0.1) is 0 Å². The summed E-state index contributed by atoms with van der Waals surface area (Å²) >= 11 is 0. The Labute approximate surface area is 142 Å². The molecule has 0 amide bonds. The van der Waals surface area contributed by atoms with Crippen LogP contribution in [0.5, 0.6) is 0 Å². The fourth-order valence-electron chi connectivity index (χ4n) is 3.49. The number of fused-ring (bicyclic) bond motifs is 1. The number of hydrogen-bond acceptors (Lipinski definition) is 4. The summed E-state index contributed by atoms with van der Waals surface area (Å²) in [5.74, 6) is 0.965. The van der Waals surface area contributed by atoms with E-state index in [0.29, 0.717) is 6.04 Å². The lowest BCUT2D eigenvalue weighted by atomic mass is 10.0. The van der Waals surface area contributed by atoms with Gasteiger partial charge in [-0.05, 0) is 56.5 Å². The van der Waals surface area contributed by atoms with E-state index >= 15 is 0 Å². The number of nitrogens with one attached hydrogen (secondary N) is 1. The van der Waals surface area contributed by atoms with Crippen LogP contribution in [-0.4, -0.2) is 32.1 Å². The number of imidazole rings is 1. The second kappa shape index (κ2) is 6.69. The highest BCUT2D eigenvalue weighted by Crippen LogP contribution is 2.24. The normalized spacial score (nSPS) is 18.1. The van der Waals surface area contributed by atoms with Gasteiger partial charge in [0.15, 0.2) is 5.65 Å². The first-order valence-corrected chi connectivity index (χ1v) is 8.78. The Kier molecular flexibility index (Phi) is 4.26. The summed E-state index contributed by atoms with van der Waals surface area (Å²) in [5.41, 5.74) is 4.12. The van der Waals surface area contributed by atoms with Crippen molar-refractivity contribution in [2.75, 3.05) is 6.54 Å². The molecule has 0 saturated carbocycles. The summed E-state index contributed by atoms with van der Waals surface area (Å²) in [5, 5.41) is 3.63. The molecule has 1 N–H and O–H groups in total. The van der Waals surface area contributed by atoms with Crippen molar-refractivity contribution in [1.82, 2.24) is 24.8 Å². The molecule has 0 aromatic carbocycles. The predicted octanol–water partition coefficient (Wildman–Crippen LogP) is 3.33. The minimum absolute atomic E-state index is 0.600. The van der Waals surface area contributed by atoms with Gasteiger partial charge in [-0.25, -0.2) is 9.97 Å².